The van der Waals surface area contributed by atoms with Gasteiger partial charge in [-0.25, -0.2) is 0 Å². The van der Waals surface area contributed by atoms with E-state index in [1.807, 2.05) is 0 Å². The van der Waals surface area contributed by atoms with Gasteiger partial charge in [-0.05, 0) is 24.6 Å². The Labute approximate surface area is 137 Å². The Balaban J connectivity index is 3.00. The van der Waals surface area contributed by atoms with Crippen molar-refractivity contribution in [2.75, 3.05) is 19.8 Å². The van der Waals surface area contributed by atoms with Gasteiger partial charge in [-0.3, -0.25) is 0 Å². The fraction of sp³-hybridized carbons (Fsp3) is 0.571. The highest BCUT2D eigenvalue weighted by molar-refractivity contribution is 6.66. The van der Waals surface area contributed by atoms with Crippen LogP contribution in [0.25, 0.3) is 0 Å². The monoisotopic (exact) mass is 375 g/mol. The van der Waals surface area contributed by atoms with Gasteiger partial charge in [0.25, 0.3) is 0 Å². The summed E-state index contributed by atoms with van der Waals surface area (Å²) in [5, 5.41) is 0. The Morgan fingerprint density at radius 1 is 0.875 bits per heavy atom. The van der Waals surface area contributed by atoms with Crippen molar-refractivity contribution < 1.29 is 35.2 Å². The molecule has 3 nitrogen and oxygen atoms in total. The van der Waals surface area contributed by atoms with Crippen molar-refractivity contribution in [3.8, 4) is 0 Å². The third-order valence-corrected chi connectivity index (χ3v) is 6.48. The van der Waals surface area contributed by atoms with Gasteiger partial charge >= 0.3 is 20.9 Å². The van der Waals surface area contributed by atoms with Gasteiger partial charge in [0, 0.05) is 6.04 Å². The Kier molecular flexibility index (Phi) is 7.71. The van der Waals surface area contributed by atoms with E-state index in [0.717, 1.165) is 0 Å². The predicted molar refractivity (Wildman–Crippen MR) is 78.4 cm³/mol. The first-order chi connectivity index (χ1) is 11.1. The average molecular weight is 375 g/mol. The predicted octanol–water partition coefficient (Wildman–Crippen LogP) is 3.72. The van der Waals surface area contributed by atoms with Gasteiger partial charge in [0.1, 0.15) is 13.2 Å². The molecule has 0 spiro atoms. The largest absolute Gasteiger partial charge is 0.410 e. The van der Waals surface area contributed by atoms with Crippen LogP contribution in [0.3, 0.4) is 0 Å². The van der Waals surface area contributed by atoms with Gasteiger partial charge in [0.05, 0.1) is 0 Å². The van der Waals surface area contributed by atoms with Crippen LogP contribution < -0.4 is 5.73 Å². The molecule has 0 bridgehead atoms. The highest BCUT2D eigenvalue weighted by atomic mass is 28.4. The van der Waals surface area contributed by atoms with E-state index in [1.165, 1.54) is 0 Å². The van der Waals surface area contributed by atoms with Gasteiger partial charge in [-0.2, -0.15) is 26.3 Å². The molecule has 0 saturated carbocycles. The van der Waals surface area contributed by atoms with Crippen molar-refractivity contribution in [2.24, 2.45) is 5.73 Å². The maximum atomic E-state index is 12.5. The summed E-state index contributed by atoms with van der Waals surface area (Å²) in [7, 11) is -3.80. The molecular formula is C14H19F6NO2Si. The van der Waals surface area contributed by atoms with Crippen LogP contribution in [0.1, 0.15) is 12.0 Å². The molecule has 0 aliphatic rings. The molecule has 0 atom stereocenters. The SMILES string of the molecule is NCCC[Si](Cc1ccccc1)(OCC(F)(F)F)OCC(F)(F)F. The third kappa shape index (κ3) is 8.67. The minimum Gasteiger partial charge on any atom is -0.384 e. The van der Waals surface area contributed by atoms with Crippen molar-refractivity contribution in [3.63, 3.8) is 0 Å². The number of alkyl halides is 6. The smallest absolute Gasteiger partial charge is 0.384 e. The van der Waals surface area contributed by atoms with E-state index in [0.29, 0.717) is 5.56 Å². The Morgan fingerprint density at radius 2 is 1.38 bits per heavy atom. The van der Waals surface area contributed by atoms with E-state index < -0.39 is 34.1 Å². The third-order valence-electron chi connectivity index (χ3n) is 3.08. The topological polar surface area (TPSA) is 44.5 Å². The average Bonchev–Trinajstić information content (AvgIpc) is 2.48. The standard InChI is InChI=1S/C14H19F6NO2Si/c15-13(16,17)10-22-24(8-4-7-21,23-11-14(18,19)20)9-12-5-2-1-3-6-12/h1-3,5-6H,4,7-11,21H2. The molecule has 2 N–H and O–H groups in total. The fourth-order valence-corrected chi connectivity index (χ4v) is 5.29. The highest BCUT2D eigenvalue weighted by Gasteiger charge is 2.44. The maximum Gasteiger partial charge on any atom is 0.410 e. The summed E-state index contributed by atoms with van der Waals surface area (Å²) in [5.74, 6) is 0. The summed E-state index contributed by atoms with van der Waals surface area (Å²) in [6.07, 6.45) is -9.09. The van der Waals surface area contributed by atoms with E-state index >= 15 is 0 Å². The van der Waals surface area contributed by atoms with Crippen LogP contribution in [-0.4, -0.2) is 40.7 Å². The molecule has 24 heavy (non-hydrogen) atoms. The molecule has 138 valence electrons. The van der Waals surface area contributed by atoms with Crippen molar-refractivity contribution >= 4 is 8.56 Å². The Hall–Kier alpha value is -1.10. The molecule has 1 rings (SSSR count). The van der Waals surface area contributed by atoms with Crippen LogP contribution in [0.5, 0.6) is 0 Å². The van der Waals surface area contributed by atoms with Gasteiger partial charge in [0.2, 0.25) is 0 Å². The first kappa shape index (κ1) is 20.9. The van der Waals surface area contributed by atoms with Gasteiger partial charge in [-0.15, -0.1) is 0 Å². The van der Waals surface area contributed by atoms with Crippen molar-refractivity contribution in [2.45, 2.75) is 30.9 Å². The van der Waals surface area contributed by atoms with Crippen LogP contribution in [0.2, 0.25) is 6.04 Å². The van der Waals surface area contributed by atoms with Crippen molar-refractivity contribution in [1.29, 1.82) is 0 Å². The lowest BCUT2D eigenvalue weighted by Gasteiger charge is -2.32. The molecular weight excluding hydrogens is 356 g/mol. The van der Waals surface area contributed by atoms with E-state index in [4.69, 9.17) is 14.6 Å². The summed E-state index contributed by atoms with van der Waals surface area (Å²) in [6.45, 7) is -3.17. The van der Waals surface area contributed by atoms with E-state index in [9.17, 15) is 26.3 Å². The number of nitrogens with two attached hydrogens (primary N) is 1. The highest BCUT2D eigenvalue weighted by Crippen LogP contribution is 2.28. The molecule has 0 fully saturated rings. The molecule has 10 heteroatoms. The lowest BCUT2D eigenvalue weighted by atomic mass is 10.2. The zero-order valence-electron chi connectivity index (χ0n) is 12.8. The Morgan fingerprint density at radius 3 is 1.79 bits per heavy atom. The molecule has 0 aromatic heterocycles. The number of hydrogen-bond donors (Lipinski definition) is 1. The molecule has 0 radical (unpaired) electrons. The van der Waals surface area contributed by atoms with Crippen molar-refractivity contribution in [3.05, 3.63) is 35.9 Å². The van der Waals surface area contributed by atoms with Crippen LogP contribution in [0.4, 0.5) is 26.3 Å². The molecule has 0 unspecified atom stereocenters. The van der Waals surface area contributed by atoms with Gasteiger partial charge < -0.3 is 14.6 Å². The summed E-state index contributed by atoms with van der Waals surface area (Å²) in [6, 6.07) is 8.04. The molecule has 0 amide bonds. The molecule has 0 aliphatic heterocycles. The first-order valence-electron chi connectivity index (χ1n) is 7.21. The molecule has 0 heterocycles. The van der Waals surface area contributed by atoms with E-state index in [2.05, 4.69) is 0 Å². The quantitative estimate of drug-likeness (QED) is 0.529. The number of rotatable bonds is 9. The van der Waals surface area contributed by atoms with Crippen LogP contribution in [0.15, 0.2) is 30.3 Å². The zero-order chi connectivity index (χ0) is 18.3. The number of halogens is 6. The number of benzene rings is 1. The Bertz CT molecular complexity index is 462. The lowest BCUT2D eigenvalue weighted by Crippen LogP contribution is -2.49. The molecule has 0 saturated heterocycles. The van der Waals surface area contributed by atoms with E-state index in [1.54, 1.807) is 30.3 Å². The van der Waals surface area contributed by atoms with Gasteiger partial charge in [0.15, 0.2) is 0 Å². The fourth-order valence-electron chi connectivity index (χ4n) is 2.08. The second-order valence-corrected chi connectivity index (χ2v) is 8.53. The maximum absolute atomic E-state index is 12.5. The lowest BCUT2D eigenvalue weighted by molar-refractivity contribution is -0.172. The van der Waals surface area contributed by atoms with Crippen LogP contribution in [-0.2, 0) is 14.9 Å². The second-order valence-electron chi connectivity index (χ2n) is 5.27. The van der Waals surface area contributed by atoms with Crippen LogP contribution in [0, 0.1) is 0 Å². The molecule has 1 aromatic rings. The van der Waals surface area contributed by atoms with Crippen LogP contribution >= 0.6 is 0 Å². The van der Waals surface area contributed by atoms with Gasteiger partial charge in [-0.1, -0.05) is 30.3 Å². The van der Waals surface area contributed by atoms with E-state index in [-0.39, 0.29) is 25.1 Å². The molecule has 1 aromatic carbocycles. The second kappa shape index (κ2) is 8.84. The normalized spacial score (nSPS) is 13.3. The summed E-state index contributed by atoms with van der Waals surface area (Å²) in [4.78, 5) is 0. The molecule has 0 aliphatic carbocycles. The zero-order valence-corrected chi connectivity index (χ0v) is 13.8. The minimum atomic E-state index is -4.65. The first-order valence-corrected chi connectivity index (χ1v) is 9.44. The summed E-state index contributed by atoms with van der Waals surface area (Å²) in [5.41, 5.74) is 5.92. The minimum absolute atomic E-state index is 0.0510. The van der Waals surface area contributed by atoms with Crippen molar-refractivity contribution in [1.82, 2.24) is 0 Å². The number of hydrogen-bond acceptors (Lipinski definition) is 3. The summed E-state index contributed by atoms with van der Waals surface area (Å²) >= 11 is 0. The summed E-state index contributed by atoms with van der Waals surface area (Å²) < 4.78 is 85.0.